The molecule has 176 valence electrons. The Balaban J connectivity index is 1.42. The first kappa shape index (κ1) is 23.0. The third-order valence-electron chi connectivity index (χ3n) is 6.67. The lowest BCUT2D eigenvalue weighted by Crippen LogP contribution is -2.54. The van der Waals surface area contributed by atoms with Gasteiger partial charge in [0.15, 0.2) is 0 Å². The molecule has 2 aromatic rings. The van der Waals surface area contributed by atoms with Gasteiger partial charge in [-0.3, -0.25) is 14.5 Å². The van der Waals surface area contributed by atoms with Gasteiger partial charge in [-0.15, -0.1) is 0 Å². The number of aromatic nitrogens is 2. The maximum Gasteiger partial charge on any atom is 0.325 e. The summed E-state index contributed by atoms with van der Waals surface area (Å²) in [6.45, 7) is 8.64. The van der Waals surface area contributed by atoms with Crippen LogP contribution in [-0.4, -0.2) is 44.6 Å². The molecule has 1 aromatic heterocycles. The fourth-order valence-electron chi connectivity index (χ4n) is 5.59. The first-order chi connectivity index (χ1) is 15.6. The zero-order valence-corrected chi connectivity index (χ0v) is 19.9. The van der Waals surface area contributed by atoms with E-state index in [1.165, 1.54) is 5.56 Å². The molecule has 2 atom stereocenters. The van der Waals surface area contributed by atoms with Crippen LogP contribution in [-0.2, 0) is 22.6 Å². The van der Waals surface area contributed by atoms with Gasteiger partial charge in [0, 0.05) is 6.07 Å². The van der Waals surface area contributed by atoms with Crippen molar-refractivity contribution in [2.24, 2.45) is 11.3 Å². The van der Waals surface area contributed by atoms with Gasteiger partial charge < -0.3 is 10.6 Å². The van der Waals surface area contributed by atoms with Gasteiger partial charge in [-0.05, 0) is 48.1 Å². The van der Waals surface area contributed by atoms with Crippen LogP contribution in [0.1, 0.15) is 58.1 Å². The molecule has 8 heteroatoms. The smallest absolute Gasteiger partial charge is 0.323 e. The van der Waals surface area contributed by atoms with Gasteiger partial charge in [0.1, 0.15) is 17.9 Å². The number of anilines is 1. The van der Waals surface area contributed by atoms with Crippen molar-refractivity contribution in [3.63, 3.8) is 0 Å². The number of aryl methyl sites for hydroxylation is 1. The normalized spacial score (nSPS) is 24.2. The van der Waals surface area contributed by atoms with E-state index in [9.17, 15) is 14.4 Å². The molecule has 1 saturated carbocycles. The predicted octanol–water partition coefficient (Wildman–Crippen LogP) is 3.57. The number of amides is 4. The quantitative estimate of drug-likeness (QED) is 0.656. The second-order valence-electron chi connectivity index (χ2n) is 10.4. The molecule has 0 radical (unpaired) electrons. The summed E-state index contributed by atoms with van der Waals surface area (Å²) in [7, 11) is 0. The SMILES string of the molecule is CCc1ccc(Cn2nccc2NC(=O)CN2C(=O)NC3(CC(C)CC(C)(C)C3)C2=O)cc1. The lowest BCUT2D eigenvalue weighted by Gasteiger charge is -2.43. The number of carbonyl (C=O) groups excluding carboxylic acids is 3. The van der Waals surface area contributed by atoms with Crippen LogP contribution < -0.4 is 10.6 Å². The maximum atomic E-state index is 13.3. The molecule has 2 fully saturated rings. The number of nitrogens with zero attached hydrogens (tertiary/aromatic N) is 3. The van der Waals surface area contributed by atoms with Gasteiger partial charge in [0.25, 0.3) is 5.91 Å². The summed E-state index contributed by atoms with van der Waals surface area (Å²) in [5.41, 5.74) is 1.36. The minimum absolute atomic E-state index is 0.0549. The van der Waals surface area contributed by atoms with E-state index in [0.717, 1.165) is 23.3 Å². The molecule has 8 nitrogen and oxygen atoms in total. The lowest BCUT2D eigenvalue weighted by atomic mass is 9.64. The zero-order chi connectivity index (χ0) is 23.8. The van der Waals surface area contributed by atoms with Crippen molar-refractivity contribution in [1.82, 2.24) is 20.0 Å². The summed E-state index contributed by atoms with van der Waals surface area (Å²) in [4.78, 5) is 39.8. The van der Waals surface area contributed by atoms with E-state index in [-0.39, 0.29) is 17.9 Å². The highest BCUT2D eigenvalue weighted by atomic mass is 16.2. The molecule has 2 unspecified atom stereocenters. The van der Waals surface area contributed by atoms with Gasteiger partial charge in [-0.2, -0.15) is 5.10 Å². The maximum absolute atomic E-state index is 13.3. The number of benzene rings is 1. The van der Waals surface area contributed by atoms with Crippen molar-refractivity contribution in [1.29, 1.82) is 0 Å². The molecule has 1 aliphatic carbocycles. The van der Waals surface area contributed by atoms with E-state index in [1.54, 1.807) is 16.9 Å². The molecule has 33 heavy (non-hydrogen) atoms. The van der Waals surface area contributed by atoms with E-state index in [1.807, 2.05) is 12.1 Å². The zero-order valence-electron chi connectivity index (χ0n) is 19.9. The minimum Gasteiger partial charge on any atom is -0.323 e. The molecule has 4 amide bonds. The third kappa shape index (κ3) is 4.79. The van der Waals surface area contributed by atoms with Gasteiger partial charge >= 0.3 is 6.03 Å². The van der Waals surface area contributed by atoms with E-state index < -0.39 is 17.5 Å². The summed E-state index contributed by atoms with van der Waals surface area (Å²) < 4.78 is 1.69. The average molecular weight is 452 g/mol. The number of carbonyl (C=O) groups is 3. The number of nitrogens with one attached hydrogen (secondary N) is 2. The molecular weight excluding hydrogens is 418 g/mol. The molecule has 2 heterocycles. The van der Waals surface area contributed by atoms with E-state index in [2.05, 4.69) is 55.6 Å². The van der Waals surface area contributed by atoms with Crippen LogP contribution in [0.25, 0.3) is 0 Å². The molecule has 0 bridgehead atoms. The molecule has 2 N–H and O–H groups in total. The summed E-state index contributed by atoms with van der Waals surface area (Å²) >= 11 is 0. The molecule has 1 aliphatic heterocycles. The molecule has 1 aromatic carbocycles. The largest absolute Gasteiger partial charge is 0.325 e. The fourth-order valence-corrected chi connectivity index (χ4v) is 5.59. The van der Waals surface area contributed by atoms with Crippen LogP contribution in [0.4, 0.5) is 10.6 Å². The number of imide groups is 1. The van der Waals surface area contributed by atoms with Crippen LogP contribution in [0.15, 0.2) is 36.5 Å². The molecule has 2 aliphatic rings. The Morgan fingerprint density at radius 2 is 1.85 bits per heavy atom. The fraction of sp³-hybridized carbons (Fsp3) is 0.520. The Morgan fingerprint density at radius 3 is 2.52 bits per heavy atom. The molecule has 1 saturated heterocycles. The Bertz CT molecular complexity index is 1060. The van der Waals surface area contributed by atoms with Crippen molar-refractivity contribution >= 4 is 23.7 Å². The van der Waals surface area contributed by atoms with Gasteiger partial charge in [-0.25, -0.2) is 9.48 Å². The highest BCUT2D eigenvalue weighted by Gasteiger charge is 2.56. The van der Waals surface area contributed by atoms with E-state index >= 15 is 0 Å². The molecule has 1 spiro atoms. The highest BCUT2D eigenvalue weighted by molar-refractivity contribution is 6.10. The van der Waals surface area contributed by atoms with Crippen LogP contribution in [0.3, 0.4) is 0 Å². The summed E-state index contributed by atoms with van der Waals surface area (Å²) in [6.07, 6.45) is 4.77. The highest BCUT2D eigenvalue weighted by Crippen LogP contribution is 2.46. The Morgan fingerprint density at radius 1 is 1.15 bits per heavy atom. The van der Waals surface area contributed by atoms with Gasteiger partial charge in [0.2, 0.25) is 5.91 Å². The molecule has 4 rings (SSSR count). The standard InChI is InChI=1S/C25H33N5O3/c1-5-18-6-8-19(9-7-18)14-30-20(10-11-26-30)27-21(31)15-29-22(32)25(28-23(29)33)13-17(2)12-24(3,4)16-25/h6-11,17H,5,12-16H2,1-4H3,(H,27,31)(H,28,33). The van der Waals surface area contributed by atoms with Crippen molar-refractivity contribution in [3.05, 3.63) is 47.7 Å². The summed E-state index contributed by atoms with van der Waals surface area (Å²) in [6, 6.07) is 9.47. The van der Waals surface area contributed by atoms with Crippen molar-refractivity contribution in [3.8, 4) is 0 Å². The Labute approximate surface area is 194 Å². The summed E-state index contributed by atoms with van der Waals surface area (Å²) in [5.74, 6) is 0.106. The van der Waals surface area contributed by atoms with Gasteiger partial charge in [-0.1, -0.05) is 52.0 Å². The van der Waals surface area contributed by atoms with Crippen molar-refractivity contribution in [2.75, 3.05) is 11.9 Å². The third-order valence-corrected chi connectivity index (χ3v) is 6.67. The molecular formula is C25H33N5O3. The van der Waals surface area contributed by atoms with Crippen LogP contribution >= 0.6 is 0 Å². The van der Waals surface area contributed by atoms with E-state index in [0.29, 0.717) is 31.1 Å². The number of rotatable bonds is 6. The van der Waals surface area contributed by atoms with Crippen LogP contribution in [0, 0.1) is 11.3 Å². The average Bonchev–Trinajstić information content (AvgIpc) is 3.24. The second kappa shape index (κ2) is 8.65. The van der Waals surface area contributed by atoms with Crippen molar-refractivity contribution < 1.29 is 14.4 Å². The van der Waals surface area contributed by atoms with Crippen molar-refractivity contribution in [2.45, 2.75) is 65.5 Å². The summed E-state index contributed by atoms with van der Waals surface area (Å²) in [5, 5.41) is 10.0. The minimum atomic E-state index is -0.912. The monoisotopic (exact) mass is 451 g/mol. The first-order valence-electron chi connectivity index (χ1n) is 11.6. The first-order valence-corrected chi connectivity index (χ1v) is 11.6. The number of urea groups is 1. The van der Waals surface area contributed by atoms with Crippen LogP contribution in [0.2, 0.25) is 0 Å². The number of hydrogen-bond acceptors (Lipinski definition) is 4. The van der Waals surface area contributed by atoms with Crippen LogP contribution in [0.5, 0.6) is 0 Å². The lowest BCUT2D eigenvalue weighted by molar-refractivity contribution is -0.136. The second-order valence-corrected chi connectivity index (χ2v) is 10.4. The number of hydrogen-bond donors (Lipinski definition) is 2. The van der Waals surface area contributed by atoms with Gasteiger partial charge in [0.05, 0.1) is 12.7 Å². The topological polar surface area (TPSA) is 96.3 Å². The predicted molar refractivity (Wildman–Crippen MR) is 126 cm³/mol. The Hall–Kier alpha value is -3.16. The Kier molecular flexibility index (Phi) is 6.03. The van der Waals surface area contributed by atoms with E-state index in [4.69, 9.17) is 0 Å².